The average molecular weight is 269 g/mol. The van der Waals surface area contributed by atoms with E-state index >= 15 is 0 Å². The molecule has 102 valence electrons. The molecule has 0 saturated carbocycles. The zero-order chi connectivity index (χ0) is 13.0. The van der Waals surface area contributed by atoms with Crippen LogP contribution in [0.3, 0.4) is 0 Å². The Morgan fingerprint density at radius 3 is 3.17 bits per heavy atom. The molecule has 5 heteroatoms. The summed E-state index contributed by atoms with van der Waals surface area (Å²) < 4.78 is 13.2. The second-order valence-corrected chi connectivity index (χ2v) is 6.23. The van der Waals surface area contributed by atoms with Gasteiger partial charge in [-0.2, -0.15) is 4.40 Å². The largest absolute Gasteiger partial charge is 0.385 e. The number of allylic oxidation sites excluding steroid dienone is 1. The van der Waals surface area contributed by atoms with Gasteiger partial charge in [-0.1, -0.05) is 0 Å². The highest BCUT2D eigenvalue weighted by molar-refractivity contribution is 8.12. The van der Waals surface area contributed by atoms with Gasteiger partial charge in [0.05, 0.1) is 0 Å². The maximum Gasteiger partial charge on any atom is 0.138 e. The molecule has 0 aromatic rings. The quantitative estimate of drug-likeness (QED) is 0.608. The molecule has 0 radical (unpaired) electrons. The highest BCUT2D eigenvalue weighted by atomic mass is 32.2. The Balaban J connectivity index is 2.13. The van der Waals surface area contributed by atoms with E-state index in [-0.39, 0.29) is 10.9 Å². The Morgan fingerprint density at radius 2 is 2.44 bits per heavy atom. The minimum absolute atomic E-state index is 0.217. The lowest BCUT2D eigenvalue weighted by Crippen LogP contribution is -2.32. The van der Waals surface area contributed by atoms with Gasteiger partial charge in [0.1, 0.15) is 5.84 Å². The molecule has 2 aliphatic rings. The molecule has 2 unspecified atom stereocenters. The van der Waals surface area contributed by atoms with E-state index in [0.717, 1.165) is 31.7 Å². The number of hydrogen-bond donors (Lipinski definition) is 2. The third kappa shape index (κ3) is 2.95. The smallest absolute Gasteiger partial charge is 0.138 e. The molecule has 1 aliphatic heterocycles. The van der Waals surface area contributed by atoms with Gasteiger partial charge in [-0.3, -0.25) is 0 Å². The van der Waals surface area contributed by atoms with Crippen molar-refractivity contribution in [3.8, 4) is 0 Å². The van der Waals surface area contributed by atoms with Gasteiger partial charge in [-0.05, 0) is 50.3 Å². The Morgan fingerprint density at radius 1 is 1.61 bits per heavy atom. The second kappa shape index (κ2) is 6.38. The molecule has 0 aromatic carbocycles. The van der Waals surface area contributed by atoms with E-state index in [1.807, 2.05) is 6.92 Å². The van der Waals surface area contributed by atoms with Crippen molar-refractivity contribution in [1.82, 2.24) is 4.72 Å². The van der Waals surface area contributed by atoms with Crippen LogP contribution in [-0.2, 0) is 4.74 Å². The molecule has 0 saturated heterocycles. The van der Waals surface area contributed by atoms with Crippen LogP contribution in [-0.4, -0.2) is 24.9 Å². The highest BCUT2D eigenvalue weighted by Crippen LogP contribution is 2.36. The Hall–Kier alpha value is -0.810. The van der Waals surface area contributed by atoms with Gasteiger partial charge in [-0.25, -0.2) is 0 Å². The van der Waals surface area contributed by atoms with Crippen LogP contribution in [0.5, 0.6) is 0 Å². The summed E-state index contributed by atoms with van der Waals surface area (Å²) in [6, 6.07) is 0. The number of ether oxygens (including phenoxy) is 1. The lowest BCUT2D eigenvalue weighted by atomic mass is 9.82. The first-order valence-corrected chi connectivity index (χ1v) is 7.86. The zero-order valence-corrected chi connectivity index (χ0v) is 12.1. The standard InChI is InChI=1S/C13H23N3OS/c1-3-18-15-11-8-4-6-10(7-5-9-17-2)12(11)13(14)16-18/h3,10,15H,4-9H2,1-2H3,(H2,14,16). The van der Waals surface area contributed by atoms with Crippen LogP contribution < -0.4 is 10.5 Å². The molecule has 1 aliphatic carbocycles. The van der Waals surface area contributed by atoms with E-state index in [1.165, 1.54) is 24.1 Å². The van der Waals surface area contributed by atoms with Gasteiger partial charge in [0.25, 0.3) is 0 Å². The molecule has 0 amide bonds. The maximum atomic E-state index is 6.16. The first-order chi connectivity index (χ1) is 8.76. The molecule has 0 aromatic heterocycles. The van der Waals surface area contributed by atoms with Gasteiger partial charge < -0.3 is 15.2 Å². The fourth-order valence-electron chi connectivity index (χ4n) is 2.70. The number of amidine groups is 1. The Kier molecular flexibility index (Phi) is 4.83. The van der Waals surface area contributed by atoms with E-state index in [4.69, 9.17) is 10.5 Å². The topological polar surface area (TPSA) is 59.6 Å². The summed E-state index contributed by atoms with van der Waals surface area (Å²) in [5.74, 6) is 1.31. The molecular weight excluding hydrogens is 246 g/mol. The van der Waals surface area contributed by atoms with Crippen molar-refractivity contribution >= 4 is 22.1 Å². The van der Waals surface area contributed by atoms with Crippen LogP contribution >= 0.6 is 10.9 Å². The van der Waals surface area contributed by atoms with Crippen LogP contribution in [0.25, 0.3) is 0 Å². The molecule has 0 spiro atoms. The molecule has 3 N–H and O–H groups in total. The second-order valence-electron chi connectivity index (χ2n) is 4.75. The monoisotopic (exact) mass is 269 g/mol. The van der Waals surface area contributed by atoms with Gasteiger partial charge >= 0.3 is 0 Å². The first kappa shape index (κ1) is 13.6. The van der Waals surface area contributed by atoms with Crippen molar-refractivity contribution in [2.45, 2.75) is 39.0 Å². The van der Waals surface area contributed by atoms with Crippen molar-refractivity contribution in [3.05, 3.63) is 11.3 Å². The van der Waals surface area contributed by atoms with Crippen molar-refractivity contribution < 1.29 is 4.74 Å². The normalized spacial score (nSPS) is 27.8. The van der Waals surface area contributed by atoms with Crippen LogP contribution in [0, 0.1) is 5.92 Å². The number of methoxy groups -OCH3 is 1. The molecule has 2 atom stereocenters. The summed E-state index contributed by atoms with van der Waals surface area (Å²) in [5, 5.41) is 2.07. The summed E-state index contributed by atoms with van der Waals surface area (Å²) >= 11 is 0. The molecular formula is C13H23N3OS. The minimum atomic E-state index is -0.217. The van der Waals surface area contributed by atoms with Crippen LogP contribution in [0.4, 0.5) is 0 Å². The summed E-state index contributed by atoms with van der Waals surface area (Å²) in [5.41, 5.74) is 8.77. The summed E-state index contributed by atoms with van der Waals surface area (Å²) in [6.45, 7) is 2.86. The summed E-state index contributed by atoms with van der Waals surface area (Å²) in [4.78, 5) is 0. The van der Waals surface area contributed by atoms with E-state index in [2.05, 4.69) is 14.5 Å². The lowest BCUT2D eigenvalue weighted by Gasteiger charge is -2.32. The predicted molar refractivity (Wildman–Crippen MR) is 79.6 cm³/mol. The molecule has 2 rings (SSSR count). The van der Waals surface area contributed by atoms with Crippen LogP contribution in [0.2, 0.25) is 0 Å². The molecule has 1 heterocycles. The predicted octanol–water partition coefficient (Wildman–Crippen LogP) is 2.35. The number of rotatable bonds is 4. The number of hydrogen-bond acceptors (Lipinski definition) is 4. The Bertz CT molecular complexity index is 401. The zero-order valence-electron chi connectivity index (χ0n) is 11.2. The van der Waals surface area contributed by atoms with Crippen molar-refractivity contribution in [3.63, 3.8) is 0 Å². The number of nitrogens with two attached hydrogens (primary N) is 1. The van der Waals surface area contributed by atoms with Crippen LogP contribution in [0.15, 0.2) is 15.7 Å². The average Bonchev–Trinajstić information content (AvgIpc) is 2.38. The van der Waals surface area contributed by atoms with Crippen molar-refractivity contribution in [2.75, 3.05) is 13.7 Å². The fraction of sp³-hybridized carbons (Fsp3) is 0.692. The number of nitrogens with zero attached hydrogens (tertiary/aromatic N) is 1. The van der Waals surface area contributed by atoms with Gasteiger partial charge in [0, 0.05) is 35.8 Å². The fourth-order valence-corrected chi connectivity index (χ4v) is 3.74. The third-order valence-corrected chi connectivity index (χ3v) is 4.83. The van der Waals surface area contributed by atoms with E-state index in [0.29, 0.717) is 5.92 Å². The van der Waals surface area contributed by atoms with Crippen molar-refractivity contribution in [1.29, 1.82) is 0 Å². The lowest BCUT2D eigenvalue weighted by molar-refractivity contribution is 0.187. The van der Waals surface area contributed by atoms with Gasteiger partial charge in [-0.15, -0.1) is 0 Å². The highest BCUT2D eigenvalue weighted by Gasteiger charge is 2.28. The van der Waals surface area contributed by atoms with E-state index < -0.39 is 0 Å². The van der Waals surface area contributed by atoms with Crippen molar-refractivity contribution in [2.24, 2.45) is 16.0 Å². The summed E-state index contributed by atoms with van der Waals surface area (Å²) in [7, 11) is 1.54. The minimum Gasteiger partial charge on any atom is -0.385 e. The molecule has 0 bridgehead atoms. The summed E-state index contributed by atoms with van der Waals surface area (Å²) in [6.07, 6.45) is 5.83. The molecule has 0 fully saturated rings. The van der Waals surface area contributed by atoms with Gasteiger partial charge in [0.15, 0.2) is 0 Å². The van der Waals surface area contributed by atoms with Crippen LogP contribution in [0.1, 0.15) is 39.0 Å². The Labute approximate surface area is 112 Å². The maximum absolute atomic E-state index is 6.16. The third-order valence-electron chi connectivity index (χ3n) is 3.54. The molecule has 18 heavy (non-hydrogen) atoms. The van der Waals surface area contributed by atoms with E-state index in [1.54, 1.807) is 7.11 Å². The van der Waals surface area contributed by atoms with E-state index in [9.17, 15) is 0 Å². The SMILES string of the molecule is C/C=S1/N=C(N)C2=C(CCCC2CCCOC)N1. The first-order valence-electron chi connectivity index (χ1n) is 6.62. The van der Waals surface area contributed by atoms with Gasteiger partial charge in [0.2, 0.25) is 0 Å². The number of nitrogens with one attached hydrogen (secondary N) is 1. The molecule has 4 nitrogen and oxygen atoms in total.